The first-order chi connectivity index (χ1) is 7.02. The monoisotopic (exact) mass is 203 g/mol. The van der Waals surface area contributed by atoms with Crippen LogP contribution in [0.25, 0.3) is 11.0 Å². The van der Waals surface area contributed by atoms with Gasteiger partial charge < -0.3 is 10.2 Å². The van der Waals surface area contributed by atoms with Gasteiger partial charge in [0, 0.05) is 5.39 Å². The van der Waals surface area contributed by atoms with Crippen molar-refractivity contribution in [3.05, 3.63) is 34.6 Å². The van der Waals surface area contributed by atoms with E-state index in [0.29, 0.717) is 11.3 Å². The van der Waals surface area contributed by atoms with E-state index in [1.54, 1.807) is 6.92 Å². The van der Waals surface area contributed by atoms with Crippen molar-refractivity contribution in [3.8, 4) is 0 Å². The molecule has 0 unspecified atom stereocenters. The summed E-state index contributed by atoms with van der Waals surface area (Å²) in [6.07, 6.45) is 0. The molecule has 0 saturated carbocycles. The zero-order chi connectivity index (χ0) is 11.2. The highest BCUT2D eigenvalue weighted by molar-refractivity contribution is 6.08. The van der Waals surface area contributed by atoms with Gasteiger partial charge in [0.05, 0.1) is 5.56 Å². The number of benzene rings is 1. The third kappa shape index (κ3) is 1.31. The first-order valence-electron chi connectivity index (χ1n) is 4.81. The maximum absolute atomic E-state index is 11.3. The number of hydrogen-bond acceptors (Lipinski definition) is 2. The molecule has 1 amide bonds. The highest BCUT2D eigenvalue weighted by Crippen LogP contribution is 2.30. The minimum absolute atomic E-state index is 0.431. The molecule has 0 bridgehead atoms. The molecule has 0 saturated heterocycles. The van der Waals surface area contributed by atoms with Crippen LogP contribution in [0.1, 0.15) is 27.2 Å². The summed E-state index contributed by atoms with van der Waals surface area (Å²) in [5, 5.41) is 0.847. The Morgan fingerprint density at radius 1 is 1.20 bits per heavy atom. The Bertz CT molecular complexity index is 552. The predicted octanol–water partition coefficient (Wildman–Crippen LogP) is 2.46. The Kier molecular flexibility index (Phi) is 2.03. The summed E-state index contributed by atoms with van der Waals surface area (Å²) in [6.45, 7) is 5.66. The van der Waals surface area contributed by atoms with Crippen molar-refractivity contribution in [1.29, 1.82) is 0 Å². The largest absolute Gasteiger partial charge is 0.460 e. The second-order valence-electron chi connectivity index (χ2n) is 3.80. The maximum Gasteiger partial charge on any atom is 0.252 e. The van der Waals surface area contributed by atoms with Crippen molar-refractivity contribution in [2.24, 2.45) is 5.73 Å². The van der Waals surface area contributed by atoms with E-state index in [-0.39, 0.29) is 0 Å². The molecule has 0 aliphatic rings. The molecule has 3 nitrogen and oxygen atoms in total. The number of carbonyl (C=O) groups excluding carboxylic acids is 1. The zero-order valence-corrected chi connectivity index (χ0v) is 9.05. The van der Waals surface area contributed by atoms with Gasteiger partial charge in [-0.05, 0) is 31.9 Å². The topological polar surface area (TPSA) is 56.2 Å². The number of rotatable bonds is 1. The van der Waals surface area contributed by atoms with Gasteiger partial charge in [-0.3, -0.25) is 4.79 Å². The fraction of sp³-hybridized carbons (Fsp3) is 0.250. The van der Waals surface area contributed by atoms with Crippen molar-refractivity contribution in [3.63, 3.8) is 0 Å². The van der Waals surface area contributed by atoms with E-state index >= 15 is 0 Å². The lowest BCUT2D eigenvalue weighted by Gasteiger charge is -1.99. The Balaban J connectivity index is 2.98. The van der Waals surface area contributed by atoms with Crippen LogP contribution < -0.4 is 5.73 Å². The second-order valence-corrected chi connectivity index (χ2v) is 3.80. The van der Waals surface area contributed by atoms with Crippen molar-refractivity contribution in [2.75, 3.05) is 0 Å². The molecule has 0 fully saturated rings. The molecule has 3 heteroatoms. The Morgan fingerprint density at radius 2 is 1.80 bits per heavy atom. The van der Waals surface area contributed by atoms with E-state index in [4.69, 9.17) is 10.2 Å². The SMILES string of the molecule is Cc1oc2c(C)ccc(C)c2c1C(N)=O. The number of primary amides is 1. The molecule has 2 N–H and O–H groups in total. The first kappa shape index (κ1) is 9.77. The zero-order valence-electron chi connectivity index (χ0n) is 9.05. The smallest absolute Gasteiger partial charge is 0.252 e. The lowest BCUT2D eigenvalue weighted by molar-refractivity contribution is 0.1000. The van der Waals surface area contributed by atoms with E-state index in [2.05, 4.69) is 0 Å². The van der Waals surface area contributed by atoms with Gasteiger partial charge in [0.1, 0.15) is 11.3 Å². The van der Waals surface area contributed by atoms with Crippen molar-refractivity contribution < 1.29 is 9.21 Å². The summed E-state index contributed by atoms with van der Waals surface area (Å²) < 4.78 is 5.57. The minimum atomic E-state index is -0.431. The lowest BCUT2D eigenvalue weighted by Crippen LogP contribution is -2.11. The van der Waals surface area contributed by atoms with Crippen LogP contribution in [0.3, 0.4) is 0 Å². The van der Waals surface area contributed by atoms with Gasteiger partial charge >= 0.3 is 0 Å². The summed E-state index contributed by atoms with van der Waals surface area (Å²) in [4.78, 5) is 11.3. The Morgan fingerprint density at radius 3 is 2.40 bits per heavy atom. The Hall–Kier alpha value is -1.77. The summed E-state index contributed by atoms with van der Waals surface area (Å²) >= 11 is 0. The molecule has 0 aliphatic carbocycles. The van der Waals surface area contributed by atoms with E-state index < -0.39 is 5.91 Å². The van der Waals surface area contributed by atoms with Gasteiger partial charge in [0.2, 0.25) is 0 Å². The normalized spacial score (nSPS) is 10.9. The van der Waals surface area contributed by atoms with Gasteiger partial charge in [-0.2, -0.15) is 0 Å². The van der Waals surface area contributed by atoms with Crippen LogP contribution in [0.15, 0.2) is 16.5 Å². The standard InChI is InChI=1S/C12H13NO2/c1-6-4-5-7(2)11-9(6)10(12(13)14)8(3)15-11/h4-5H,1-3H3,(H2,13,14). The summed E-state index contributed by atoms with van der Waals surface area (Å²) in [5.74, 6) is 0.162. The second kappa shape index (κ2) is 3.12. The van der Waals surface area contributed by atoms with Crippen LogP contribution in [0.4, 0.5) is 0 Å². The van der Waals surface area contributed by atoms with Crippen LogP contribution in [-0.2, 0) is 0 Å². The van der Waals surface area contributed by atoms with Gasteiger partial charge in [0.25, 0.3) is 5.91 Å². The third-order valence-corrected chi connectivity index (χ3v) is 2.67. The van der Waals surface area contributed by atoms with Crippen molar-refractivity contribution >= 4 is 16.9 Å². The molecule has 1 aromatic carbocycles. The Labute approximate surface area is 87.9 Å². The molecule has 78 valence electrons. The van der Waals surface area contributed by atoms with E-state index in [0.717, 1.165) is 22.1 Å². The van der Waals surface area contributed by atoms with Crippen LogP contribution in [0.5, 0.6) is 0 Å². The molecule has 1 heterocycles. The van der Waals surface area contributed by atoms with Crippen LogP contribution >= 0.6 is 0 Å². The third-order valence-electron chi connectivity index (χ3n) is 2.67. The number of amides is 1. The van der Waals surface area contributed by atoms with E-state index in [1.807, 2.05) is 26.0 Å². The number of hydrogen-bond donors (Lipinski definition) is 1. The van der Waals surface area contributed by atoms with Crippen LogP contribution in [-0.4, -0.2) is 5.91 Å². The number of furan rings is 1. The fourth-order valence-electron chi connectivity index (χ4n) is 1.90. The quantitative estimate of drug-likeness (QED) is 0.773. The molecule has 2 aromatic rings. The van der Waals surface area contributed by atoms with E-state index in [1.165, 1.54) is 0 Å². The molecule has 0 aliphatic heterocycles. The van der Waals surface area contributed by atoms with Gasteiger partial charge in [-0.15, -0.1) is 0 Å². The summed E-state index contributed by atoms with van der Waals surface area (Å²) in [6, 6.07) is 3.95. The van der Waals surface area contributed by atoms with Gasteiger partial charge in [-0.1, -0.05) is 12.1 Å². The van der Waals surface area contributed by atoms with Crippen LogP contribution in [0.2, 0.25) is 0 Å². The highest BCUT2D eigenvalue weighted by Gasteiger charge is 2.18. The molecule has 0 radical (unpaired) electrons. The minimum Gasteiger partial charge on any atom is -0.460 e. The van der Waals surface area contributed by atoms with Gasteiger partial charge in [-0.25, -0.2) is 0 Å². The number of fused-ring (bicyclic) bond motifs is 1. The highest BCUT2D eigenvalue weighted by atomic mass is 16.3. The van der Waals surface area contributed by atoms with Crippen molar-refractivity contribution in [1.82, 2.24) is 0 Å². The fourth-order valence-corrected chi connectivity index (χ4v) is 1.90. The first-order valence-corrected chi connectivity index (χ1v) is 4.81. The average molecular weight is 203 g/mol. The van der Waals surface area contributed by atoms with Gasteiger partial charge in [0.15, 0.2) is 0 Å². The van der Waals surface area contributed by atoms with Crippen molar-refractivity contribution in [2.45, 2.75) is 20.8 Å². The lowest BCUT2D eigenvalue weighted by atomic mass is 10.0. The number of carbonyl (C=O) groups is 1. The summed E-state index contributed by atoms with van der Waals surface area (Å²) in [5.41, 5.74) is 8.65. The van der Waals surface area contributed by atoms with E-state index in [9.17, 15) is 4.79 Å². The molecule has 2 rings (SSSR count). The van der Waals surface area contributed by atoms with Crippen LogP contribution in [0, 0.1) is 20.8 Å². The molecule has 0 atom stereocenters. The molecule has 1 aromatic heterocycles. The maximum atomic E-state index is 11.3. The molecular weight excluding hydrogens is 190 g/mol. The number of nitrogens with two attached hydrogens (primary N) is 1. The molecular formula is C12H13NO2. The summed E-state index contributed by atoms with van der Waals surface area (Å²) in [7, 11) is 0. The molecule has 15 heavy (non-hydrogen) atoms. The average Bonchev–Trinajstić information content (AvgIpc) is 2.50. The molecule has 0 spiro atoms. The number of aryl methyl sites for hydroxylation is 3. The predicted molar refractivity (Wildman–Crippen MR) is 58.9 cm³/mol.